The number of aliphatic carboxylic acids is 1. The molecule has 0 amide bonds. The Morgan fingerprint density at radius 1 is 1.00 bits per heavy atom. The van der Waals surface area contributed by atoms with Gasteiger partial charge >= 0.3 is 5.97 Å². The molecular weight excluding hydrogens is 446 g/mol. The summed E-state index contributed by atoms with van der Waals surface area (Å²) in [7, 11) is 0. The molecule has 0 aromatic heterocycles. The van der Waals surface area contributed by atoms with Gasteiger partial charge in [-0.05, 0) is 93.6 Å². The first-order valence-electron chi connectivity index (χ1n) is 14.5. The molecule has 1 aromatic rings. The van der Waals surface area contributed by atoms with Gasteiger partial charge in [0, 0.05) is 0 Å². The molecule has 1 saturated carbocycles. The molecule has 4 nitrogen and oxygen atoms in total. The lowest BCUT2D eigenvalue weighted by atomic mass is 9.61. The minimum absolute atomic E-state index is 0.0792. The molecule has 0 heterocycles. The summed E-state index contributed by atoms with van der Waals surface area (Å²) >= 11 is 0. The predicted octanol–water partition coefficient (Wildman–Crippen LogP) is 6.78. The third-order valence-electron chi connectivity index (χ3n) is 8.72. The first-order chi connectivity index (χ1) is 17.5. The van der Waals surface area contributed by atoms with E-state index in [-0.39, 0.29) is 17.8 Å². The minimum Gasteiger partial charge on any atom is -0.481 e. The fraction of sp³-hybridized carbons (Fsp3) is 0.656. The van der Waals surface area contributed by atoms with Gasteiger partial charge in [-0.3, -0.25) is 4.79 Å². The van der Waals surface area contributed by atoms with Gasteiger partial charge in [0.15, 0.2) is 0 Å². The summed E-state index contributed by atoms with van der Waals surface area (Å²) < 4.78 is 0. The van der Waals surface area contributed by atoms with Crippen molar-refractivity contribution in [2.45, 2.75) is 90.1 Å². The second kappa shape index (κ2) is 15.4. The maximum absolute atomic E-state index is 12.3. The van der Waals surface area contributed by atoms with Crippen LogP contribution in [0.1, 0.15) is 83.1 Å². The fourth-order valence-electron chi connectivity index (χ4n) is 6.90. The van der Waals surface area contributed by atoms with E-state index >= 15 is 0 Å². The molecule has 0 spiro atoms. The SMILES string of the molecule is CC(O)C(C(=O)O)C1C(Cc2ccccc2)C=CC(CCCC=CCCC2CCCCC2)C1CCN. The van der Waals surface area contributed by atoms with Crippen LogP contribution < -0.4 is 5.73 Å². The average Bonchev–Trinajstić information content (AvgIpc) is 2.87. The highest BCUT2D eigenvalue weighted by Gasteiger charge is 2.44. The summed E-state index contributed by atoms with van der Waals surface area (Å²) in [5.41, 5.74) is 7.26. The summed E-state index contributed by atoms with van der Waals surface area (Å²) in [6.45, 7) is 2.17. The Morgan fingerprint density at radius 3 is 2.36 bits per heavy atom. The van der Waals surface area contributed by atoms with E-state index in [1.54, 1.807) is 6.92 Å². The molecule has 1 fully saturated rings. The van der Waals surface area contributed by atoms with Crippen molar-refractivity contribution in [2.24, 2.45) is 41.2 Å². The highest BCUT2D eigenvalue weighted by Crippen LogP contribution is 2.45. The maximum atomic E-state index is 12.3. The monoisotopic (exact) mass is 495 g/mol. The van der Waals surface area contributed by atoms with Gasteiger partial charge in [-0.25, -0.2) is 0 Å². The van der Waals surface area contributed by atoms with E-state index in [9.17, 15) is 15.0 Å². The largest absolute Gasteiger partial charge is 0.481 e. The van der Waals surface area contributed by atoms with Gasteiger partial charge in [0.1, 0.15) is 0 Å². The van der Waals surface area contributed by atoms with Gasteiger partial charge < -0.3 is 15.9 Å². The average molecular weight is 496 g/mol. The lowest BCUT2D eigenvalue weighted by Crippen LogP contribution is -2.45. The van der Waals surface area contributed by atoms with E-state index in [4.69, 9.17) is 5.73 Å². The lowest BCUT2D eigenvalue weighted by molar-refractivity contribution is -0.151. The van der Waals surface area contributed by atoms with Crippen LogP contribution in [0.4, 0.5) is 0 Å². The number of rotatable bonds is 14. The third-order valence-corrected chi connectivity index (χ3v) is 8.72. The molecule has 0 radical (unpaired) electrons. The van der Waals surface area contributed by atoms with Crippen molar-refractivity contribution < 1.29 is 15.0 Å². The summed E-state index contributed by atoms with van der Waals surface area (Å²) in [6.07, 6.45) is 22.8. The maximum Gasteiger partial charge on any atom is 0.309 e. The third kappa shape index (κ3) is 8.59. The van der Waals surface area contributed by atoms with Crippen LogP contribution in [-0.4, -0.2) is 28.8 Å². The fourth-order valence-corrected chi connectivity index (χ4v) is 6.90. The Hall–Kier alpha value is -1.91. The Balaban J connectivity index is 1.63. The number of carbonyl (C=O) groups is 1. The van der Waals surface area contributed by atoms with Crippen LogP contribution in [0, 0.1) is 35.5 Å². The molecule has 0 saturated heterocycles. The normalized spacial score (nSPS) is 26.8. The van der Waals surface area contributed by atoms with Crippen LogP contribution in [-0.2, 0) is 11.2 Å². The summed E-state index contributed by atoms with van der Waals surface area (Å²) in [5.74, 6) is -0.332. The number of allylic oxidation sites excluding steroid dienone is 4. The second-order valence-corrected chi connectivity index (χ2v) is 11.3. The summed E-state index contributed by atoms with van der Waals surface area (Å²) in [4.78, 5) is 12.3. The molecule has 0 bridgehead atoms. The molecule has 200 valence electrons. The lowest BCUT2D eigenvalue weighted by Gasteiger charge is -2.44. The number of aliphatic hydroxyl groups excluding tert-OH is 1. The Kier molecular flexibility index (Phi) is 12.2. The molecular formula is C32H49NO3. The molecule has 0 aliphatic heterocycles. The number of hydrogen-bond donors (Lipinski definition) is 3. The number of unbranched alkanes of at least 4 members (excludes halogenated alkanes) is 1. The Labute approximate surface area is 219 Å². The van der Waals surface area contributed by atoms with Gasteiger partial charge in [0.2, 0.25) is 0 Å². The number of aliphatic hydroxyl groups is 1. The number of nitrogens with two attached hydrogens (primary N) is 1. The molecule has 6 atom stereocenters. The van der Waals surface area contributed by atoms with Crippen molar-refractivity contribution in [1.82, 2.24) is 0 Å². The van der Waals surface area contributed by atoms with Crippen molar-refractivity contribution in [2.75, 3.05) is 6.54 Å². The van der Waals surface area contributed by atoms with Gasteiger partial charge in [-0.2, -0.15) is 0 Å². The zero-order valence-corrected chi connectivity index (χ0v) is 22.3. The molecule has 2 aliphatic carbocycles. The Morgan fingerprint density at radius 2 is 1.69 bits per heavy atom. The second-order valence-electron chi connectivity index (χ2n) is 11.3. The van der Waals surface area contributed by atoms with Crippen LogP contribution in [0.25, 0.3) is 0 Å². The molecule has 1 aromatic carbocycles. The number of benzene rings is 1. The van der Waals surface area contributed by atoms with Gasteiger partial charge in [0.05, 0.1) is 12.0 Å². The van der Waals surface area contributed by atoms with Gasteiger partial charge in [-0.1, -0.05) is 86.7 Å². The first kappa shape index (κ1) is 28.7. The first-order valence-corrected chi connectivity index (χ1v) is 14.5. The van der Waals surface area contributed by atoms with Crippen LogP contribution in [0.5, 0.6) is 0 Å². The number of carboxylic acids is 1. The van der Waals surface area contributed by atoms with Crippen molar-refractivity contribution in [3.05, 3.63) is 60.2 Å². The van der Waals surface area contributed by atoms with Crippen molar-refractivity contribution in [3.63, 3.8) is 0 Å². The quantitative estimate of drug-likeness (QED) is 0.196. The van der Waals surface area contributed by atoms with Gasteiger partial charge in [-0.15, -0.1) is 0 Å². The molecule has 36 heavy (non-hydrogen) atoms. The zero-order valence-electron chi connectivity index (χ0n) is 22.3. The molecule has 3 rings (SSSR count). The smallest absolute Gasteiger partial charge is 0.309 e. The topological polar surface area (TPSA) is 83.5 Å². The van der Waals surface area contributed by atoms with Crippen LogP contribution in [0.3, 0.4) is 0 Å². The van der Waals surface area contributed by atoms with E-state index in [1.807, 2.05) is 18.2 Å². The van der Waals surface area contributed by atoms with Crippen LogP contribution >= 0.6 is 0 Å². The standard InChI is InChI=1S/C32H49NO3/c1-24(34)30(32(35)36)31-28(23-26-16-10-6-11-17-26)20-19-27(29(31)21-22-33)18-12-4-2-3-7-13-25-14-8-5-9-15-25/h2-3,6,10-11,16-17,19-20,24-25,27-31,34H,4-5,7-9,12-15,18,21-23,33H2,1H3,(H,35,36). The Bertz CT molecular complexity index is 812. The molecule has 4 heteroatoms. The van der Waals surface area contributed by atoms with Crippen molar-refractivity contribution >= 4 is 5.97 Å². The van der Waals surface area contributed by atoms with Crippen LogP contribution in [0.15, 0.2) is 54.6 Å². The van der Waals surface area contributed by atoms with E-state index < -0.39 is 18.0 Å². The minimum atomic E-state index is -0.898. The highest BCUT2D eigenvalue weighted by molar-refractivity contribution is 5.71. The van der Waals surface area contributed by atoms with E-state index in [1.165, 1.54) is 50.5 Å². The highest BCUT2D eigenvalue weighted by atomic mass is 16.4. The molecule has 2 aliphatic rings. The van der Waals surface area contributed by atoms with E-state index in [0.29, 0.717) is 12.5 Å². The van der Waals surface area contributed by atoms with Crippen LogP contribution in [0.2, 0.25) is 0 Å². The number of hydrogen-bond acceptors (Lipinski definition) is 3. The zero-order chi connectivity index (χ0) is 25.8. The summed E-state index contributed by atoms with van der Waals surface area (Å²) in [5, 5.41) is 20.7. The summed E-state index contributed by atoms with van der Waals surface area (Å²) in [6, 6.07) is 10.3. The molecule has 6 unspecified atom stereocenters. The predicted molar refractivity (Wildman–Crippen MR) is 149 cm³/mol. The molecule has 4 N–H and O–H groups in total. The number of carboxylic acid groups (broad SMARTS) is 1. The van der Waals surface area contributed by atoms with Crippen molar-refractivity contribution in [1.29, 1.82) is 0 Å². The van der Waals surface area contributed by atoms with Gasteiger partial charge in [0.25, 0.3) is 0 Å². The van der Waals surface area contributed by atoms with E-state index in [2.05, 4.69) is 36.4 Å². The van der Waals surface area contributed by atoms with E-state index in [0.717, 1.165) is 38.0 Å². The van der Waals surface area contributed by atoms with Crippen molar-refractivity contribution in [3.8, 4) is 0 Å².